The summed E-state index contributed by atoms with van der Waals surface area (Å²) >= 11 is 12.3. The normalized spacial score (nSPS) is 6.86. The van der Waals surface area contributed by atoms with E-state index in [1.807, 2.05) is 0 Å². The van der Waals surface area contributed by atoms with Crippen LogP contribution in [0.4, 0.5) is 0 Å². The Morgan fingerprint density at radius 1 is 1.57 bits per heavy atom. The third-order valence-electron chi connectivity index (χ3n) is 0.129. The molecule has 0 aliphatic heterocycles. The van der Waals surface area contributed by atoms with Gasteiger partial charge in [0.15, 0.2) is 0 Å². The first-order valence-electron chi connectivity index (χ1n) is 1.53. The molecule has 0 spiro atoms. The second-order valence-corrected chi connectivity index (χ2v) is 1.48. The Bertz CT molecular complexity index is 23.2. The lowest BCUT2D eigenvalue weighted by Gasteiger charge is -1.69. The zero-order valence-electron chi connectivity index (χ0n) is 3.60. The molecule has 2 nitrogen and oxygen atoms in total. The highest BCUT2D eigenvalue weighted by atomic mass is 35.6. The molecule has 0 unspecified atom stereocenters. The number of rotatable bonds is 1. The SMILES string of the molecule is ClOCl.NCCS. The van der Waals surface area contributed by atoms with E-state index in [4.69, 9.17) is 5.73 Å². The first-order chi connectivity index (χ1) is 3.33. The van der Waals surface area contributed by atoms with Crippen molar-refractivity contribution in [2.24, 2.45) is 5.73 Å². The van der Waals surface area contributed by atoms with Crippen LogP contribution in [0.5, 0.6) is 0 Å². The monoisotopic (exact) mass is 163 g/mol. The molecule has 0 atom stereocenters. The Hall–Kier alpha value is 0.850. The molecule has 0 heterocycles. The van der Waals surface area contributed by atoms with Gasteiger partial charge < -0.3 is 5.73 Å². The topological polar surface area (TPSA) is 35.2 Å². The number of hydrogen-bond acceptors (Lipinski definition) is 3. The lowest BCUT2D eigenvalue weighted by atomic mass is 10.8. The molecule has 46 valence electrons. The molecule has 0 aromatic heterocycles. The fourth-order valence-electron chi connectivity index (χ4n) is 0. The highest BCUT2D eigenvalue weighted by Gasteiger charge is 1.56. The molecule has 0 aromatic rings. The average Bonchev–Trinajstić information content (AvgIpc) is 1.69. The van der Waals surface area contributed by atoms with E-state index >= 15 is 0 Å². The van der Waals surface area contributed by atoms with Gasteiger partial charge in [0.25, 0.3) is 0 Å². The van der Waals surface area contributed by atoms with Crippen LogP contribution in [-0.2, 0) is 3.84 Å². The predicted octanol–water partition coefficient (Wildman–Crippen LogP) is 1.19. The second-order valence-electron chi connectivity index (χ2n) is 0.571. The largest absolute Gasteiger partial charge is 0.330 e. The predicted molar refractivity (Wildman–Crippen MR) is 35.7 cm³/mol. The minimum absolute atomic E-state index is 0.684. The fourth-order valence-corrected chi connectivity index (χ4v) is 0. The molecule has 0 fully saturated rings. The van der Waals surface area contributed by atoms with Crippen molar-refractivity contribution in [3.8, 4) is 0 Å². The van der Waals surface area contributed by atoms with Crippen LogP contribution in [0, 0.1) is 0 Å². The number of hydrogen-bond donors (Lipinski definition) is 2. The van der Waals surface area contributed by atoms with Crippen LogP contribution in [0.2, 0.25) is 0 Å². The highest BCUT2D eigenvalue weighted by Crippen LogP contribution is 1.78. The van der Waals surface area contributed by atoms with Gasteiger partial charge in [0.2, 0.25) is 0 Å². The van der Waals surface area contributed by atoms with Crippen LogP contribution < -0.4 is 5.73 Å². The van der Waals surface area contributed by atoms with E-state index < -0.39 is 0 Å². The van der Waals surface area contributed by atoms with E-state index in [0.717, 1.165) is 5.75 Å². The lowest BCUT2D eigenvalue weighted by molar-refractivity contribution is 0.697. The summed E-state index contributed by atoms with van der Waals surface area (Å²) in [5.74, 6) is 0.792. The van der Waals surface area contributed by atoms with Gasteiger partial charge in [-0.25, -0.2) is 0 Å². The third-order valence-corrected chi connectivity index (χ3v) is 0.387. The molecule has 7 heavy (non-hydrogen) atoms. The molecular formula is C2H7Cl2NOS. The standard InChI is InChI=1S/C2H7NS.Cl2O/c3-1-2-4;1-3-2/h4H,1-3H2;. The molecule has 0 aliphatic carbocycles. The van der Waals surface area contributed by atoms with Crippen molar-refractivity contribution in [3.63, 3.8) is 0 Å². The van der Waals surface area contributed by atoms with Crippen LogP contribution in [0.25, 0.3) is 0 Å². The van der Waals surface area contributed by atoms with E-state index in [1.165, 1.54) is 0 Å². The maximum atomic E-state index is 4.95. The number of halogens is 2. The van der Waals surface area contributed by atoms with Gasteiger partial charge in [0, 0.05) is 12.3 Å². The molecule has 0 aromatic carbocycles. The summed E-state index contributed by atoms with van der Waals surface area (Å²) in [5.41, 5.74) is 4.95. The van der Waals surface area contributed by atoms with Gasteiger partial charge in [-0.3, -0.25) is 0 Å². The van der Waals surface area contributed by atoms with Crippen LogP contribution in [-0.4, -0.2) is 12.3 Å². The second kappa shape index (κ2) is 15.8. The van der Waals surface area contributed by atoms with Crippen LogP contribution in [0.15, 0.2) is 0 Å². The minimum atomic E-state index is 0.684. The van der Waals surface area contributed by atoms with E-state index in [9.17, 15) is 0 Å². The Morgan fingerprint density at radius 2 is 1.71 bits per heavy atom. The lowest BCUT2D eigenvalue weighted by Crippen LogP contribution is -1.97. The first kappa shape index (κ1) is 10.8. The fraction of sp³-hybridized carbons (Fsp3) is 1.00. The molecule has 2 N–H and O–H groups in total. The summed E-state index contributed by atoms with van der Waals surface area (Å²) in [6.07, 6.45) is 0. The van der Waals surface area contributed by atoms with Crippen LogP contribution >= 0.6 is 36.4 Å². The summed E-state index contributed by atoms with van der Waals surface area (Å²) in [7, 11) is 0. The highest BCUT2D eigenvalue weighted by molar-refractivity contribution is 7.80. The zero-order chi connectivity index (χ0) is 6.12. The van der Waals surface area contributed by atoms with Crippen LogP contribution in [0.1, 0.15) is 0 Å². The number of thiol groups is 1. The van der Waals surface area contributed by atoms with E-state index in [-0.39, 0.29) is 0 Å². The van der Waals surface area contributed by atoms with Gasteiger partial charge in [-0.2, -0.15) is 16.5 Å². The first-order valence-corrected chi connectivity index (χ1v) is 2.78. The Labute approximate surface area is 58.7 Å². The van der Waals surface area contributed by atoms with Gasteiger partial charge in [0.05, 0.1) is 23.7 Å². The zero-order valence-corrected chi connectivity index (χ0v) is 6.01. The summed E-state index contributed by atoms with van der Waals surface area (Å²) in [5, 5.41) is 0. The summed E-state index contributed by atoms with van der Waals surface area (Å²) in [6, 6.07) is 0. The van der Waals surface area contributed by atoms with Crippen LogP contribution in [0.3, 0.4) is 0 Å². The average molecular weight is 164 g/mol. The van der Waals surface area contributed by atoms with Crippen molar-refractivity contribution >= 4 is 36.4 Å². The molecule has 0 bridgehead atoms. The van der Waals surface area contributed by atoms with Gasteiger partial charge >= 0.3 is 0 Å². The minimum Gasteiger partial charge on any atom is -0.330 e. The molecule has 0 amide bonds. The van der Waals surface area contributed by atoms with Crippen molar-refractivity contribution in [1.82, 2.24) is 0 Å². The molecular weight excluding hydrogens is 157 g/mol. The molecule has 0 saturated carbocycles. The van der Waals surface area contributed by atoms with E-state index in [1.54, 1.807) is 0 Å². The molecule has 5 heteroatoms. The van der Waals surface area contributed by atoms with Gasteiger partial charge in [-0.15, -0.1) is 0 Å². The summed E-state index contributed by atoms with van der Waals surface area (Å²) < 4.78 is 3.19. The molecule has 0 aliphatic rings. The quantitative estimate of drug-likeness (QED) is 0.571. The Balaban J connectivity index is 0. The maximum Gasteiger partial charge on any atom is 0.0832 e. The number of nitrogens with two attached hydrogens (primary N) is 1. The Kier molecular flexibility index (Phi) is 24.3. The van der Waals surface area contributed by atoms with Crippen molar-refractivity contribution in [2.45, 2.75) is 0 Å². The van der Waals surface area contributed by atoms with Gasteiger partial charge in [-0.05, 0) is 0 Å². The molecule has 0 saturated heterocycles. The van der Waals surface area contributed by atoms with Crippen molar-refractivity contribution < 1.29 is 3.84 Å². The van der Waals surface area contributed by atoms with Gasteiger partial charge in [-0.1, -0.05) is 0 Å². The molecule has 0 rings (SSSR count). The smallest absolute Gasteiger partial charge is 0.0832 e. The van der Waals surface area contributed by atoms with Crippen molar-refractivity contribution in [2.75, 3.05) is 12.3 Å². The molecule has 0 radical (unpaired) electrons. The maximum absolute atomic E-state index is 4.95. The third kappa shape index (κ3) is 47.1. The summed E-state index contributed by atoms with van der Waals surface area (Å²) in [6.45, 7) is 0.684. The van der Waals surface area contributed by atoms with E-state index in [2.05, 4.69) is 40.2 Å². The van der Waals surface area contributed by atoms with Crippen molar-refractivity contribution in [3.05, 3.63) is 0 Å². The van der Waals surface area contributed by atoms with Gasteiger partial charge in [0.1, 0.15) is 0 Å². The van der Waals surface area contributed by atoms with E-state index in [0.29, 0.717) is 6.54 Å². The van der Waals surface area contributed by atoms with Crippen molar-refractivity contribution in [1.29, 1.82) is 0 Å². The Morgan fingerprint density at radius 3 is 1.71 bits per heavy atom. The summed E-state index contributed by atoms with van der Waals surface area (Å²) in [4.78, 5) is 0.